The Balaban J connectivity index is 1.70. The minimum atomic E-state index is -0.641. The largest absolute Gasteiger partial charge is 0.419 e. The Morgan fingerprint density at radius 1 is 1.26 bits per heavy atom. The van der Waals surface area contributed by atoms with Crippen LogP contribution < -0.4 is 10.1 Å². The molecule has 1 aliphatic carbocycles. The van der Waals surface area contributed by atoms with Crippen molar-refractivity contribution >= 4 is 23.6 Å². The average molecular weight is 366 g/mol. The van der Waals surface area contributed by atoms with Gasteiger partial charge in [0.25, 0.3) is 0 Å². The van der Waals surface area contributed by atoms with E-state index in [1.165, 1.54) is 36.8 Å². The highest BCUT2D eigenvalue weighted by molar-refractivity contribution is 5.92. The predicted molar refractivity (Wildman–Crippen MR) is 99.1 cm³/mol. The van der Waals surface area contributed by atoms with Crippen molar-refractivity contribution < 1.29 is 19.2 Å². The van der Waals surface area contributed by atoms with E-state index in [1.54, 1.807) is 6.07 Å². The lowest BCUT2D eigenvalue weighted by Crippen LogP contribution is -2.25. The maximum Gasteiger partial charge on any atom is 0.312 e. The number of aryl methyl sites for hydroxylation is 1. The van der Waals surface area contributed by atoms with E-state index < -0.39 is 10.9 Å². The Bertz CT molecular complexity index is 936. The van der Waals surface area contributed by atoms with Crippen LogP contribution in [0.2, 0.25) is 0 Å². The number of ether oxygens (including phenoxy) is 1. The van der Waals surface area contributed by atoms with Gasteiger partial charge >= 0.3 is 11.7 Å². The molecule has 1 amide bonds. The van der Waals surface area contributed by atoms with Crippen molar-refractivity contribution in [2.45, 2.75) is 25.8 Å². The lowest BCUT2D eigenvalue weighted by Gasteiger charge is -2.12. The molecule has 0 fully saturated rings. The second-order valence-electron chi connectivity index (χ2n) is 6.21. The summed E-state index contributed by atoms with van der Waals surface area (Å²) in [5, 5.41) is 14.1. The molecule has 1 aliphatic rings. The lowest BCUT2D eigenvalue weighted by atomic mass is 10.1. The van der Waals surface area contributed by atoms with Crippen LogP contribution in [0, 0.1) is 10.1 Å². The maximum atomic E-state index is 12.2. The Morgan fingerprint density at radius 3 is 2.78 bits per heavy atom. The second kappa shape index (κ2) is 7.82. The minimum absolute atomic E-state index is 0.0287. The molecule has 0 aromatic heterocycles. The lowest BCUT2D eigenvalue weighted by molar-refractivity contribution is -0.385. The van der Waals surface area contributed by atoms with E-state index in [9.17, 15) is 19.7 Å². The van der Waals surface area contributed by atoms with E-state index in [2.05, 4.69) is 11.4 Å². The van der Waals surface area contributed by atoms with Gasteiger partial charge in [-0.1, -0.05) is 30.3 Å². The highest BCUT2D eigenvalue weighted by atomic mass is 16.6. The zero-order valence-corrected chi connectivity index (χ0v) is 14.7. The van der Waals surface area contributed by atoms with Crippen LogP contribution >= 0.6 is 0 Å². The molecule has 0 heterocycles. The predicted octanol–water partition coefficient (Wildman–Crippen LogP) is 3.34. The third-order valence-corrected chi connectivity index (χ3v) is 4.31. The number of hydrogen-bond donors (Lipinski definition) is 1. The second-order valence-corrected chi connectivity index (χ2v) is 6.21. The van der Waals surface area contributed by atoms with Gasteiger partial charge in [0, 0.05) is 19.1 Å². The monoisotopic (exact) mass is 366 g/mol. The molecule has 1 atom stereocenters. The summed E-state index contributed by atoms with van der Waals surface area (Å²) >= 11 is 0. The van der Waals surface area contributed by atoms with Crippen LogP contribution in [-0.2, 0) is 16.0 Å². The molecule has 0 radical (unpaired) electrons. The number of carbonyl (C=O) groups is 2. The van der Waals surface area contributed by atoms with Gasteiger partial charge in [-0.3, -0.25) is 19.7 Å². The summed E-state index contributed by atoms with van der Waals surface area (Å²) < 4.78 is 4.83. The highest BCUT2D eigenvalue weighted by Crippen LogP contribution is 2.31. The zero-order chi connectivity index (χ0) is 19.4. The standard InChI is InChI=1S/C20H18N2O5/c1-13(23)27-19-10-6-14(12-18(19)22(25)26)7-11-20(24)21-17-9-8-15-4-2-3-5-16(15)17/h2-7,10-12,17H,8-9H2,1H3,(H,21,24)/b11-7+. The third-order valence-electron chi connectivity index (χ3n) is 4.31. The topological polar surface area (TPSA) is 98.5 Å². The summed E-state index contributed by atoms with van der Waals surface area (Å²) in [4.78, 5) is 33.8. The normalized spacial score (nSPS) is 15.4. The number of nitrogens with zero attached hydrogens (tertiary/aromatic N) is 1. The Labute approximate surface area is 155 Å². The number of nitro groups is 1. The van der Waals surface area contributed by atoms with E-state index >= 15 is 0 Å². The number of hydrogen-bond acceptors (Lipinski definition) is 5. The number of nitrogens with one attached hydrogen (secondary N) is 1. The smallest absolute Gasteiger partial charge is 0.312 e. The summed E-state index contributed by atoms with van der Waals surface area (Å²) in [5.74, 6) is -1.04. The minimum Gasteiger partial charge on any atom is -0.419 e. The molecule has 27 heavy (non-hydrogen) atoms. The molecule has 2 aromatic rings. The number of benzene rings is 2. The van der Waals surface area contributed by atoms with Crippen molar-refractivity contribution in [1.29, 1.82) is 0 Å². The quantitative estimate of drug-likeness (QED) is 0.288. The first-order chi connectivity index (χ1) is 12.9. The van der Waals surface area contributed by atoms with Gasteiger partial charge in [-0.05, 0) is 41.7 Å². The fourth-order valence-corrected chi connectivity index (χ4v) is 3.12. The first-order valence-corrected chi connectivity index (χ1v) is 8.47. The Kier molecular flexibility index (Phi) is 5.30. The summed E-state index contributed by atoms with van der Waals surface area (Å²) in [6.07, 6.45) is 4.60. The molecule has 1 N–H and O–H groups in total. The van der Waals surface area contributed by atoms with Gasteiger partial charge in [-0.15, -0.1) is 0 Å². The molecule has 7 nitrogen and oxygen atoms in total. The highest BCUT2D eigenvalue weighted by Gasteiger charge is 2.22. The summed E-state index contributed by atoms with van der Waals surface area (Å²) in [7, 11) is 0. The molecule has 0 bridgehead atoms. The number of esters is 1. The van der Waals surface area contributed by atoms with Crippen molar-refractivity contribution in [2.24, 2.45) is 0 Å². The number of rotatable bonds is 5. The first kappa shape index (κ1) is 18.3. The van der Waals surface area contributed by atoms with Crippen molar-refractivity contribution in [3.63, 3.8) is 0 Å². The molecule has 0 aliphatic heterocycles. The maximum absolute atomic E-state index is 12.2. The molecule has 1 unspecified atom stereocenters. The van der Waals surface area contributed by atoms with E-state index in [4.69, 9.17) is 4.74 Å². The number of fused-ring (bicyclic) bond motifs is 1. The Morgan fingerprint density at radius 2 is 2.04 bits per heavy atom. The van der Waals surface area contributed by atoms with Crippen LogP contribution in [0.25, 0.3) is 6.08 Å². The van der Waals surface area contributed by atoms with E-state index in [1.807, 2.05) is 18.2 Å². The fraction of sp³-hybridized carbons (Fsp3) is 0.200. The fourth-order valence-electron chi connectivity index (χ4n) is 3.12. The van der Waals surface area contributed by atoms with Crippen molar-refractivity contribution in [1.82, 2.24) is 5.32 Å². The first-order valence-electron chi connectivity index (χ1n) is 8.47. The van der Waals surface area contributed by atoms with Crippen LogP contribution in [0.15, 0.2) is 48.5 Å². The SMILES string of the molecule is CC(=O)Oc1ccc(/C=C/C(=O)NC2CCc3ccccc32)cc1[N+](=O)[O-]. The summed E-state index contributed by atoms with van der Waals surface area (Å²) in [6, 6.07) is 12.1. The van der Waals surface area contributed by atoms with E-state index in [0.717, 1.165) is 18.4 Å². The van der Waals surface area contributed by atoms with Crippen molar-refractivity contribution in [2.75, 3.05) is 0 Å². The van der Waals surface area contributed by atoms with Crippen molar-refractivity contribution in [3.05, 3.63) is 75.3 Å². The van der Waals surface area contributed by atoms with Gasteiger partial charge < -0.3 is 10.1 Å². The average Bonchev–Trinajstić information content (AvgIpc) is 3.03. The molecule has 0 saturated carbocycles. The third kappa shape index (κ3) is 4.38. The molecule has 2 aromatic carbocycles. The van der Waals surface area contributed by atoms with Gasteiger partial charge in [0.1, 0.15) is 0 Å². The van der Waals surface area contributed by atoms with Crippen LogP contribution in [-0.4, -0.2) is 16.8 Å². The van der Waals surface area contributed by atoms with Gasteiger partial charge in [0.15, 0.2) is 0 Å². The molecular weight excluding hydrogens is 348 g/mol. The molecular formula is C20H18N2O5. The summed E-state index contributed by atoms with van der Waals surface area (Å²) in [5.41, 5.74) is 2.49. The van der Waals surface area contributed by atoms with Gasteiger partial charge in [-0.2, -0.15) is 0 Å². The van der Waals surface area contributed by atoms with Gasteiger partial charge in [0.2, 0.25) is 11.7 Å². The van der Waals surface area contributed by atoms with Crippen LogP contribution in [0.3, 0.4) is 0 Å². The summed E-state index contributed by atoms with van der Waals surface area (Å²) in [6.45, 7) is 1.17. The Hall–Kier alpha value is -3.48. The number of nitro benzene ring substituents is 1. The molecule has 7 heteroatoms. The zero-order valence-electron chi connectivity index (χ0n) is 14.7. The molecule has 0 spiro atoms. The van der Waals surface area contributed by atoms with Gasteiger partial charge in [-0.25, -0.2) is 0 Å². The molecule has 0 saturated heterocycles. The van der Waals surface area contributed by atoms with Gasteiger partial charge in [0.05, 0.1) is 11.0 Å². The van der Waals surface area contributed by atoms with E-state index in [0.29, 0.717) is 5.56 Å². The number of amides is 1. The molecule has 3 rings (SSSR count). The van der Waals surface area contributed by atoms with Crippen LogP contribution in [0.5, 0.6) is 5.75 Å². The van der Waals surface area contributed by atoms with Crippen molar-refractivity contribution in [3.8, 4) is 5.75 Å². The van der Waals surface area contributed by atoms with Crippen LogP contribution in [0.4, 0.5) is 5.69 Å². The number of carbonyl (C=O) groups excluding carboxylic acids is 2. The van der Waals surface area contributed by atoms with E-state index in [-0.39, 0.29) is 23.4 Å². The molecule has 138 valence electrons. The van der Waals surface area contributed by atoms with Crippen LogP contribution in [0.1, 0.15) is 36.1 Å².